The number of piperidine rings is 1. The van der Waals surface area contributed by atoms with Crippen LogP contribution in [0, 0.1) is 0 Å². The van der Waals surface area contributed by atoms with E-state index in [1.54, 1.807) is 35.0 Å². The summed E-state index contributed by atoms with van der Waals surface area (Å²) in [6.45, 7) is 1.06. The van der Waals surface area contributed by atoms with Crippen molar-refractivity contribution in [2.24, 2.45) is 7.05 Å². The molecule has 3 aromatic rings. The van der Waals surface area contributed by atoms with Gasteiger partial charge in [0.05, 0.1) is 11.7 Å². The number of aromatic nitrogens is 2. The van der Waals surface area contributed by atoms with E-state index < -0.39 is 11.9 Å². The minimum atomic E-state index is -0.640. The van der Waals surface area contributed by atoms with Gasteiger partial charge < -0.3 is 5.32 Å². The van der Waals surface area contributed by atoms with Crippen molar-refractivity contribution in [1.29, 1.82) is 0 Å². The SMILES string of the molecule is Cn1ccc(-c2cccc(NC(=O)NC(=O)c3ccc4c(c3)CN(C3CCC(=O)NC3=O)C4)c2)n1. The molecule has 1 fully saturated rings. The quantitative estimate of drug-likeness (QED) is 0.500. The van der Waals surface area contributed by atoms with Crippen molar-refractivity contribution in [2.45, 2.75) is 32.0 Å². The average molecular weight is 473 g/mol. The summed E-state index contributed by atoms with van der Waals surface area (Å²) in [7, 11) is 1.83. The summed E-state index contributed by atoms with van der Waals surface area (Å²) in [4.78, 5) is 50.8. The van der Waals surface area contributed by atoms with Crippen molar-refractivity contribution >= 4 is 29.4 Å². The van der Waals surface area contributed by atoms with Gasteiger partial charge in [-0.1, -0.05) is 18.2 Å². The molecule has 10 heteroatoms. The summed E-state index contributed by atoms with van der Waals surface area (Å²) >= 11 is 0. The fraction of sp³-hybridized carbons (Fsp3) is 0.240. The Hall–Kier alpha value is -4.31. The van der Waals surface area contributed by atoms with E-state index >= 15 is 0 Å². The van der Waals surface area contributed by atoms with Crippen LogP contribution in [0.5, 0.6) is 0 Å². The van der Waals surface area contributed by atoms with Gasteiger partial charge in [-0.05, 0) is 47.9 Å². The largest absolute Gasteiger partial charge is 0.326 e. The van der Waals surface area contributed by atoms with E-state index in [1.807, 2.05) is 36.3 Å². The Morgan fingerprint density at radius 1 is 1.06 bits per heavy atom. The number of carbonyl (C=O) groups excluding carboxylic acids is 4. The Morgan fingerprint density at radius 3 is 2.66 bits per heavy atom. The van der Waals surface area contributed by atoms with Crippen LogP contribution in [0.1, 0.15) is 34.3 Å². The molecule has 0 spiro atoms. The van der Waals surface area contributed by atoms with Crippen LogP contribution in [0.3, 0.4) is 0 Å². The molecular formula is C25H24N6O4. The second-order valence-corrected chi connectivity index (χ2v) is 8.72. The van der Waals surface area contributed by atoms with Crippen molar-refractivity contribution in [2.75, 3.05) is 5.32 Å². The highest BCUT2D eigenvalue weighted by Crippen LogP contribution is 2.28. The van der Waals surface area contributed by atoms with Crippen LogP contribution in [0.2, 0.25) is 0 Å². The first-order valence-electron chi connectivity index (χ1n) is 11.3. The van der Waals surface area contributed by atoms with Crippen LogP contribution in [0.25, 0.3) is 11.3 Å². The third kappa shape index (κ3) is 4.82. The van der Waals surface area contributed by atoms with Crippen molar-refractivity contribution in [3.8, 4) is 11.3 Å². The topological polar surface area (TPSA) is 125 Å². The molecule has 35 heavy (non-hydrogen) atoms. The number of urea groups is 1. The number of nitrogens with one attached hydrogen (secondary N) is 3. The normalized spacial score (nSPS) is 17.6. The predicted octanol–water partition coefficient (Wildman–Crippen LogP) is 2.17. The lowest BCUT2D eigenvalue weighted by Crippen LogP contribution is -2.50. The maximum atomic E-state index is 12.7. The smallest absolute Gasteiger partial charge is 0.308 e. The number of aryl methyl sites for hydroxylation is 1. The molecule has 5 amide bonds. The number of benzene rings is 2. The van der Waals surface area contributed by atoms with Gasteiger partial charge in [-0.25, -0.2) is 4.79 Å². The summed E-state index contributed by atoms with van der Waals surface area (Å²) in [5.41, 5.74) is 4.44. The number of anilines is 1. The van der Waals surface area contributed by atoms with Crippen LogP contribution >= 0.6 is 0 Å². The number of amides is 5. The Kier molecular flexibility index (Phi) is 5.87. The molecule has 1 atom stereocenters. The molecule has 1 saturated heterocycles. The first-order valence-corrected chi connectivity index (χ1v) is 11.3. The molecule has 0 bridgehead atoms. The lowest BCUT2D eigenvalue weighted by molar-refractivity contribution is -0.137. The zero-order chi connectivity index (χ0) is 24.5. The molecule has 3 N–H and O–H groups in total. The average Bonchev–Trinajstić information content (AvgIpc) is 3.44. The third-order valence-corrected chi connectivity index (χ3v) is 6.22. The van der Waals surface area contributed by atoms with Gasteiger partial charge in [-0.3, -0.25) is 34.6 Å². The molecule has 1 unspecified atom stereocenters. The van der Waals surface area contributed by atoms with Gasteiger partial charge in [-0.15, -0.1) is 0 Å². The highest BCUT2D eigenvalue weighted by atomic mass is 16.2. The summed E-state index contributed by atoms with van der Waals surface area (Å²) in [5.74, 6) is -1.05. The molecule has 0 radical (unpaired) electrons. The number of carbonyl (C=O) groups is 4. The number of hydrogen-bond acceptors (Lipinski definition) is 6. The van der Waals surface area contributed by atoms with Gasteiger partial charge in [0.2, 0.25) is 11.8 Å². The zero-order valence-corrected chi connectivity index (χ0v) is 19.1. The van der Waals surface area contributed by atoms with E-state index in [1.165, 1.54) is 0 Å². The number of nitrogens with zero attached hydrogens (tertiary/aromatic N) is 3. The molecule has 0 aliphatic carbocycles. The van der Waals surface area contributed by atoms with Crippen LogP contribution in [-0.4, -0.2) is 44.5 Å². The van der Waals surface area contributed by atoms with Crippen molar-refractivity contribution in [3.63, 3.8) is 0 Å². The highest BCUT2D eigenvalue weighted by Gasteiger charge is 2.34. The number of rotatable bonds is 4. The van der Waals surface area contributed by atoms with Crippen molar-refractivity contribution in [1.82, 2.24) is 25.3 Å². The van der Waals surface area contributed by atoms with E-state index in [-0.39, 0.29) is 17.9 Å². The second kappa shape index (κ2) is 9.15. The lowest BCUT2D eigenvalue weighted by atomic mass is 10.0. The molecule has 3 heterocycles. The van der Waals surface area contributed by atoms with Gasteiger partial charge in [-0.2, -0.15) is 5.10 Å². The second-order valence-electron chi connectivity index (χ2n) is 8.72. The molecule has 2 aliphatic heterocycles. The van der Waals surface area contributed by atoms with Gasteiger partial charge in [0, 0.05) is 49.6 Å². The summed E-state index contributed by atoms with van der Waals surface area (Å²) in [6, 6.07) is 13.3. The molecule has 2 aromatic carbocycles. The summed E-state index contributed by atoms with van der Waals surface area (Å²) in [6.07, 6.45) is 2.63. The minimum absolute atomic E-state index is 0.247. The van der Waals surface area contributed by atoms with Crippen molar-refractivity contribution < 1.29 is 19.2 Å². The fourth-order valence-corrected chi connectivity index (χ4v) is 4.48. The number of imide groups is 2. The standard InChI is InChI=1S/C25H24N6O4/c1-30-10-9-20(29-30)15-3-2-4-19(12-15)26-25(35)28-23(33)16-5-6-17-13-31(14-18(17)11-16)21-7-8-22(32)27-24(21)34/h2-6,9-12,21H,7-8,13-14H2,1H3,(H,27,32,34)(H2,26,28,33,35). The summed E-state index contributed by atoms with van der Waals surface area (Å²) in [5, 5.41) is 11.8. The Morgan fingerprint density at radius 2 is 1.89 bits per heavy atom. The Bertz CT molecular complexity index is 1350. The van der Waals surface area contributed by atoms with Gasteiger partial charge >= 0.3 is 6.03 Å². The van der Waals surface area contributed by atoms with Gasteiger partial charge in [0.1, 0.15) is 0 Å². The summed E-state index contributed by atoms with van der Waals surface area (Å²) < 4.78 is 1.70. The lowest BCUT2D eigenvalue weighted by Gasteiger charge is -2.29. The van der Waals surface area contributed by atoms with Crippen LogP contribution in [-0.2, 0) is 29.7 Å². The van der Waals surface area contributed by atoms with Crippen molar-refractivity contribution in [3.05, 3.63) is 71.4 Å². The monoisotopic (exact) mass is 472 g/mol. The van der Waals surface area contributed by atoms with Crippen LogP contribution in [0.4, 0.5) is 10.5 Å². The fourth-order valence-electron chi connectivity index (χ4n) is 4.48. The highest BCUT2D eigenvalue weighted by molar-refractivity contribution is 6.08. The molecule has 0 saturated carbocycles. The van der Waals surface area contributed by atoms with E-state index in [4.69, 9.17) is 0 Å². The zero-order valence-electron chi connectivity index (χ0n) is 19.1. The van der Waals surface area contributed by atoms with Gasteiger partial charge in [0.25, 0.3) is 5.91 Å². The molecule has 1 aromatic heterocycles. The Labute approximate surface area is 201 Å². The third-order valence-electron chi connectivity index (χ3n) is 6.22. The molecule has 10 nitrogen and oxygen atoms in total. The molecule has 2 aliphatic rings. The Balaban J connectivity index is 1.21. The number of fused-ring (bicyclic) bond motifs is 1. The van der Waals surface area contributed by atoms with E-state index in [2.05, 4.69) is 21.0 Å². The van der Waals surface area contributed by atoms with Crippen LogP contribution < -0.4 is 16.0 Å². The maximum absolute atomic E-state index is 12.7. The molecule has 178 valence electrons. The van der Waals surface area contributed by atoms with E-state index in [9.17, 15) is 19.2 Å². The minimum Gasteiger partial charge on any atom is -0.308 e. The van der Waals surface area contributed by atoms with E-state index in [0.717, 1.165) is 22.4 Å². The van der Waals surface area contributed by atoms with Crippen LogP contribution in [0.15, 0.2) is 54.7 Å². The molecular weight excluding hydrogens is 448 g/mol. The van der Waals surface area contributed by atoms with E-state index in [0.29, 0.717) is 37.2 Å². The number of hydrogen-bond donors (Lipinski definition) is 3. The first-order chi connectivity index (χ1) is 16.9. The predicted molar refractivity (Wildman–Crippen MR) is 127 cm³/mol. The first kappa shape index (κ1) is 22.5. The molecule has 5 rings (SSSR count). The van der Waals surface area contributed by atoms with Gasteiger partial charge in [0.15, 0.2) is 0 Å². The maximum Gasteiger partial charge on any atom is 0.326 e.